The van der Waals surface area contributed by atoms with Crippen LogP contribution in [0, 0.1) is 16.7 Å². The van der Waals surface area contributed by atoms with E-state index in [1.807, 2.05) is 13.8 Å². The summed E-state index contributed by atoms with van der Waals surface area (Å²) in [5.74, 6) is 0.827. The number of aromatic nitrogens is 2. The molecule has 2 heterocycles. The van der Waals surface area contributed by atoms with Crippen LogP contribution in [0.4, 0.5) is 5.13 Å². The molecule has 234 valence electrons. The fourth-order valence-electron chi connectivity index (χ4n) is 6.31. The summed E-state index contributed by atoms with van der Waals surface area (Å²) in [6.07, 6.45) is 6.37. The number of carbonyl (C=O) groups excluding carboxylic acids is 2. The summed E-state index contributed by atoms with van der Waals surface area (Å²) >= 11 is 2.58. The zero-order chi connectivity index (χ0) is 31.6. The third-order valence-corrected chi connectivity index (χ3v) is 10.4. The first-order valence-corrected chi connectivity index (χ1v) is 16.4. The number of nitriles is 1. The topological polar surface area (TPSA) is 153 Å². The molecule has 1 fully saturated rings. The molecule has 1 atom stereocenters. The minimum atomic E-state index is -0.783. The van der Waals surface area contributed by atoms with Crippen molar-refractivity contribution in [2.45, 2.75) is 75.1 Å². The molecule has 5 rings (SSSR count). The second-order valence-electron chi connectivity index (χ2n) is 12.0. The molecular weight excluding hydrogens is 601 g/mol. The van der Waals surface area contributed by atoms with Crippen molar-refractivity contribution in [3.05, 3.63) is 40.4 Å². The van der Waals surface area contributed by atoms with Crippen LogP contribution in [-0.4, -0.2) is 55.0 Å². The highest BCUT2D eigenvalue weighted by Gasteiger charge is 2.46. The molecule has 13 heteroatoms. The standard InChI is InChI=1S/C31H38N6O5S2/c1-31(2)13-20-27(21(38)14-31)26(18-11-23(41-4)24(42-5)12-22(18)40-3)19(15-32)28(33)37(20)29-35-36-30(44-29)43-16-25(39)34-17-9-7-6-8-10-17/h11-12,17,26H,6-10,13-14,16,33H2,1-5H3,(H,34,39). The third kappa shape index (κ3) is 6.23. The summed E-state index contributed by atoms with van der Waals surface area (Å²) in [5, 5.41) is 22.8. The van der Waals surface area contributed by atoms with Gasteiger partial charge in [-0.05, 0) is 30.7 Å². The van der Waals surface area contributed by atoms with Gasteiger partial charge in [0.05, 0.1) is 44.6 Å². The SMILES string of the molecule is COc1cc(OC)c(C2C(C#N)=C(N)N(c3nnc(SCC(=O)NC4CCCCC4)s3)C3=C2C(=O)CC(C)(C)C3)cc1OC. The van der Waals surface area contributed by atoms with Crippen molar-refractivity contribution in [1.82, 2.24) is 15.5 Å². The summed E-state index contributed by atoms with van der Waals surface area (Å²) < 4.78 is 17.3. The van der Waals surface area contributed by atoms with Crippen LogP contribution in [0.2, 0.25) is 0 Å². The second-order valence-corrected chi connectivity index (χ2v) is 14.1. The van der Waals surface area contributed by atoms with Gasteiger partial charge in [-0.25, -0.2) is 0 Å². The van der Waals surface area contributed by atoms with Crippen LogP contribution < -0.4 is 30.2 Å². The number of amides is 1. The molecule has 0 bridgehead atoms. The van der Waals surface area contributed by atoms with Crippen molar-refractivity contribution in [2.24, 2.45) is 11.1 Å². The van der Waals surface area contributed by atoms with Gasteiger partial charge in [0, 0.05) is 35.4 Å². The molecule has 3 aliphatic rings. The lowest BCUT2D eigenvalue weighted by Crippen LogP contribution is -2.42. The molecule has 1 aromatic heterocycles. The Bertz CT molecular complexity index is 1550. The highest BCUT2D eigenvalue weighted by Crippen LogP contribution is 2.53. The van der Waals surface area contributed by atoms with Gasteiger partial charge in [-0.1, -0.05) is 56.2 Å². The summed E-state index contributed by atoms with van der Waals surface area (Å²) in [6, 6.07) is 5.93. The van der Waals surface area contributed by atoms with Crippen LogP contribution in [0.1, 0.15) is 70.3 Å². The van der Waals surface area contributed by atoms with Gasteiger partial charge < -0.3 is 25.3 Å². The molecule has 1 saturated carbocycles. The highest BCUT2D eigenvalue weighted by atomic mass is 32.2. The van der Waals surface area contributed by atoms with Gasteiger partial charge in [0.25, 0.3) is 0 Å². The van der Waals surface area contributed by atoms with E-state index in [2.05, 4.69) is 21.6 Å². The van der Waals surface area contributed by atoms with Crippen molar-refractivity contribution >= 4 is 39.9 Å². The number of hydrogen-bond donors (Lipinski definition) is 2. The van der Waals surface area contributed by atoms with Gasteiger partial charge in [0.1, 0.15) is 11.6 Å². The van der Waals surface area contributed by atoms with Crippen LogP contribution in [0.15, 0.2) is 39.1 Å². The van der Waals surface area contributed by atoms with E-state index in [0.717, 1.165) is 25.7 Å². The van der Waals surface area contributed by atoms with Gasteiger partial charge in [-0.15, -0.1) is 10.2 Å². The predicted molar refractivity (Wildman–Crippen MR) is 169 cm³/mol. The minimum Gasteiger partial charge on any atom is -0.496 e. The smallest absolute Gasteiger partial charge is 0.230 e. The minimum absolute atomic E-state index is 0.0286. The Hall–Kier alpha value is -3.76. The molecule has 1 aliphatic heterocycles. The lowest BCUT2D eigenvalue weighted by Gasteiger charge is -2.42. The Morgan fingerprint density at radius 3 is 2.45 bits per heavy atom. The number of benzene rings is 1. The Morgan fingerprint density at radius 1 is 1.11 bits per heavy atom. The zero-order valence-corrected chi connectivity index (χ0v) is 27.3. The number of Topliss-reactive ketones (excluding diaryl/α,β-unsaturated/α-hetero) is 1. The lowest BCUT2D eigenvalue weighted by atomic mass is 9.68. The van der Waals surface area contributed by atoms with Gasteiger partial charge in [0.15, 0.2) is 21.6 Å². The number of thioether (sulfide) groups is 1. The number of nitrogens with one attached hydrogen (secondary N) is 1. The monoisotopic (exact) mass is 638 g/mol. The molecule has 2 aliphatic carbocycles. The van der Waals surface area contributed by atoms with Crippen LogP contribution in [0.3, 0.4) is 0 Å². The molecule has 0 spiro atoms. The lowest BCUT2D eigenvalue weighted by molar-refractivity contribution is -0.119. The molecule has 11 nitrogen and oxygen atoms in total. The van der Waals surface area contributed by atoms with E-state index in [4.69, 9.17) is 19.9 Å². The van der Waals surface area contributed by atoms with Gasteiger partial charge in [-0.2, -0.15) is 5.26 Å². The number of methoxy groups -OCH3 is 3. The number of ketones is 1. The number of anilines is 1. The predicted octanol–water partition coefficient (Wildman–Crippen LogP) is 5.05. The van der Waals surface area contributed by atoms with E-state index in [9.17, 15) is 14.9 Å². The second kappa shape index (κ2) is 13.1. The Morgan fingerprint density at radius 2 is 1.80 bits per heavy atom. The molecule has 3 N–H and O–H groups in total. The maximum Gasteiger partial charge on any atom is 0.230 e. The van der Waals surface area contributed by atoms with E-state index < -0.39 is 5.92 Å². The molecule has 1 amide bonds. The van der Waals surface area contributed by atoms with E-state index in [0.29, 0.717) is 56.4 Å². The summed E-state index contributed by atoms with van der Waals surface area (Å²) in [4.78, 5) is 28.3. The maximum atomic E-state index is 14.0. The average molecular weight is 639 g/mol. The molecule has 0 saturated heterocycles. The molecule has 1 aromatic carbocycles. The van der Waals surface area contributed by atoms with Gasteiger partial charge in [0.2, 0.25) is 11.0 Å². The Balaban J connectivity index is 1.53. The van der Waals surface area contributed by atoms with E-state index in [1.165, 1.54) is 50.8 Å². The number of allylic oxidation sites excluding steroid dienone is 3. The van der Waals surface area contributed by atoms with E-state index in [-0.39, 0.29) is 40.3 Å². The molecule has 2 aromatic rings. The quantitative estimate of drug-likeness (QED) is 0.355. The summed E-state index contributed by atoms with van der Waals surface area (Å²) in [7, 11) is 4.57. The number of nitrogens with zero attached hydrogens (tertiary/aromatic N) is 4. The number of carbonyl (C=O) groups is 2. The summed E-state index contributed by atoms with van der Waals surface area (Å²) in [5.41, 5.74) is 8.35. The number of ether oxygens (including phenoxy) is 3. The fraction of sp³-hybridized carbons (Fsp3) is 0.516. The molecule has 0 radical (unpaired) electrons. The van der Waals surface area contributed by atoms with Crippen molar-refractivity contribution in [1.29, 1.82) is 5.26 Å². The van der Waals surface area contributed by atoms with Crippen LogP contribution in [-0.2, 0) is 9.59 Å². The normalized spacial score (nSPS) is 20.2. The number of nitrogens with two attached hydrogens (primary N) is 1. The number of rotatable bonds is 9. The fourth-order valence-corrected chi connectivity index (χ4v) is 8.00. The van der Waals surface area contributed by atoms with Crippen LogP contribution in [0.25, 0.3) is 0 Å². The Labute approximate surface area is 265 Å². The maximum absolute atomic E-state index is 14.0. The van der Waals surface area contributed by atoms with Gasteiger partial charge >= 0.3 is 0 Å². The van der Waals surface area contributed by atoms with Crippen molar-refractivity contribution in [3.63, 3.8) is 0 Å². The summed E-state index contributed by atoms with van der Waals surface area (Å²) in [6.45, 7) is 4.07. The van der Waals surface area contributed by atoms with Crippen LogP contribution in [0.5, 0.6) is 17.2 Å². The first-order valence-electron chi connectivity index (χ1n) is 14.6. The molecule has 44 heavy (non-hydrogen) atoms. The van der Waals surface area contributed by atoms with Crippen molar-refractivity contribution in [2.75, 3.05) is 32.0 Å². The third-order valence-electron chi connectivity index (χ3n) is 8.31. The zero-order valence-electron chi connectivity index (χ0n) is 25.7. The highest BCUT2D eigenvalue weighted by molar-refractivity contribution is 8.01. The van der Waals surface area contributed by atoms with Crippen molar-refractivity contribution < 1.29 is 23.8 Å². The van der Waals surface area contributed by atoms with Crippen LogP contribution >= 0.6 is 23.1 Å². The Kier molecular flexibility index (Phi) is 9.41. The molecular formula is C31H38N6O5S2. The average Bonchev–Trinajstić information content (AvgIpc) is 3.47. The van der Waals surface area contributed by atoms with Gasteiger partial charge in [-0.3, -0.25) is 14.5 Å². The van der Waals surface area contributed by atoms with E-state index in [1.54, 1.807) is 17.0 Å². The largest absolute Gasteiger partial charge is 0.496 e. The van der Waals surface area contributed by atoms with Crippen molar-refractivity contribution in [3.8, 4) is 23.3 Å². The first-order chi connectivity index (χ1) is 21.1. The number of hydrogen-bond acceptors (Lipinski definition) is 12. The molecule has 1 unspecified atom stereocenters. The van der Waals surface area contributed by atoms with E-state index >= 15 is 0 Å². The first kappa shape index (κ1) is 31.7.